The summed E-state index contributed by atoms with van der Waals surface area (Å²) in [7, 11) is 0. The monoisotopic (exact) mass is 459 g/mol. The summed E-state index contributed by atoms with van der Waals surface area (Å²) in [6.45, 7) is 0.290. The normalized spacial score (nSPS) is 17.1. The molecule has 31 heavy (non-hydrogen) atoms. The van der Waals surface area contributed by atoms with Crippen molar-refractivity contribution in [3.63, 3.8) is 0 Å². The molecule has 9 nitrogen and oxygen atoms in total. The Morgan fingerprint density at radius 2 is 1.87 bits per heavy atom. The molecule has 2 heterocycles. The minimum atomic E-state index is -0.878. The zero-order chi connectivity index (χ0) is 22.0. The number of carbonyl (C=O) groups is 3. The number of amides is 3. The van der Waals surface area contributed by atoms with Crippen molar-refractivity contribution < 1.29 is 24.0 Å². The summed E-state index contributed by atoms with van der Waals surface area (Å²) in [5.74, 6) is -0.195. The number of fused-ring (bicyclic) bond motifs is 1. The Morgan fingerprint density at radius 3 is 2.55 bits per heavy atom. The van der Waals surface area contributed by atoms with Crippen LogP contribution in [0.5, 0.6) is 0 Å². The van der Waals surface area contributed by atoms with Gasteiger partial charge >= 0.3 is 0 Å². The van der Waals surface area contributed by atoms with Crippen LogP contribution in [0.15, 0.2) is 53.4 Å². The van der Waals surface area contributed by atoms with Gasteiger partial charge in [0.1, 0.15) is 0 Å². The SMILES string of the molecule is O=C1c2cc([N+](=O)[O-])ccc2SCN1CCOC(c1ccccc1)N1C(=O)CSC1=O. The molecule has 2 aromatic rings. The summed E-state index contributed by atoms with van der Waals surface area (Å²) in [6.07, 6.45) is -0.878. The molecule has 0 radical (unpaired) electrons. The van der Waals surface area contributed by atoms with E-state index in [-0.39, 0.29) is 47.2 Å². The lowest BCUT2D eigenvalue weighted by atomic mass is 10.1. The number of nitrogens with zero attached hydrogens (tertiary/aromatic N) is 3. The molecule has 0 aromatic heterocycles. The Kier molecular flexibility index (Phi) is 6.25. The topological polar surface area (TPSA) is 110 Å². The van der Waals surface area contributed by atoms with E-state index in [0.717, 1.165) is 16.7 Å². The van der Waals surface area contributed by atoms with Crippen molar-refractivity contribution in [1.29, 1.82) is 0 Å². The van der Waals surface area contributed by atoms with Gasteiger partial charge in [-0.1, -0.05) is 42.1 Å². The van der Waals surface area contributed by atoms with Crippen LogP contribution in [0.2, 0.25) is 0 Å². The van der Waals surface area contributed by atoms with E-state index in [4.69, 9.17) is 4.74 Å². The number of thioether (sulfide) groups is 2. The van der Waals surface area contributed by atoms with E-state index in [1.807, 2.05) is 6.07 Å². The lowest BCUT2D eigenvalue weighted by molar-refractivity contribution is -0.384. The number of hydrogen-bond acceptors (Lipinski definition) is 8. The number of hydrogen-bond donors (Lipinski definition) is 0. The fourth-order valence-corrected chi connectivity index (χ4v) is 5.00. The van der Waals surface area contributed by atoms with Crippen LogP contribution < -0.4 is 0 Å². The van der Waals surface area contributed by atoms with Crippen molar-refractivity contribution in [3.8, 4) is 0 Å². The van der Waals surface area contributed by atoms with Crippen molar-refractivity contribution in [3.05, 3.63) is 69.8 Å². The molecule has 2 aliphatic heterocycles. The molecule has 0 spiro atoms. The van der Waals surface area contributed by atoms with Crippen molar-refractivity contribution in [2.75, 3.05) is 24.8 Å². The third-order valence-corrected chi connectivity index (χ3v) is 6.75. The first kappa shape index (κ1) is 21.3. The van der Waals surface area contributed by atoms with E-state index in [1.165, 1.54) is 28.8 Å². The summed E-state index contributed by atoms with van der Waals surface area (Å²) in [6, 6.07) is 13.2. The van der Waals surface area contributed by atoms with E-state index >= 15 is 0 Å². The number of nitro groups is 1. The molecule has 0 bridgehead atoms. The third kappa shape index (κ3) is 4.43. The molecule has 0 saturated carbocycles. The highest BCUT2D eigenvalue weighted by Crippen LogP contribution is 2.34. The van der Waals surface area contributed by atoms with Gasteiger partial charge in [0.15, 0.2) is 6.23 Å². The molecular formula is C20H17N3O6S2. The van der Waals surface area contributed by atoms with Gasteiger partial charge in [-0.2, -0.15) is 0 Å². The van der Waals surface area contributed by atoms with Crippen LogP contribution in [0.3, 0.4) is 0 Å². The molecule has 1 fully saturated rings. The van der Waals surface area contributed by atoms with Crippen molar-refractivity contribution in [1.82, 2.24) is 9.80 Å². The zero-order valence-corrected chi connectivity index (χ0v) is 17.8. The maximum Gasteiger partial charge on any atom is 0.291 e. The molecule has 4 rings (SSSR count). The summed E-state index contributed by atoms with van der Waals surface area (Å²) in [4.78, 5) is 51.1. The second-order valence-electron chi connectivity index (χ2n) is 6.73. The average molecular weight is 460 g/mol. The van der Waals surface area contributed by atoms with E-state index in [9.17, 15) is 24.5 Å². The van der Waals surface area contributed by atoms with Crippen LogP contribution in [-0.2, 0) is 9.53 Å². The average Bonchev–Trinajstić information content (AvgIpc) is 3.11. The predicted octanol–water partition coefficient (Wildman–Crippen LogP) is 3.51. The van der Waals surface area contributed by atoms with Crippen molar-refractivity contribution in [2.45, 2.75) is 11.1 Å². The maximum absolute atomic E-state index is 12.8. The molecule has 3 amide bonds. The van der Waals surface area contributed by atoms with Crippen LogP contribution in [0.25, 0.3) is 0 Å². The van der Waals surface area contributed by atoms with E-state index < -0.39 is 11.2 Å². The number of nitro benzene ring substituents is 1. The summed E-state index contributed by atoms with van der Waals surface area (Å²) in [5.41, 5.74) is 0.803. The van der Waals surface area contributed by atoms with Gasteiger partial charge in [-0.3, -0.25) is 24.5 Å². The molecule has 1 saturated heterocycles. The van der Waals surface area contributed by atoms with Crippen LogP contribution in [0.4, 0.5) is 10.5 Å². The van der Waals surface area contributed by atoms with E-state index in [0.29, 0.717) is 16.3 Å². The summed E-state index contributed by atoms with van der Waals surface area (Å²) < 4.78 is 5.91. The minimum absolute atomic E-state index is 0.0718. The second kappa shape index (κ2) is 9.08. The Bertz CT molecular complexity index is 1030. The highest BCUT2D eigenvalue weighted by Gasteiger charge is 2.37. The number of rotatable bonds is 7. The van der Waals surface area contributed by atoms with E-state index in [2.05, 4.69) is 0 Å². The van der Waals surface area contributed by atoms with Gasteiger partial charge in [0.05, 0.1) is 28.7 Å². The first-order valence-corrected chi connectivity index (χ1v) is 11.3. The lowest BCUT2D eigenvalue weighted by Crippen LogP contribution is -2.39. The summed E-state index contributed by atoms with van der Waals surface area (Å²) in [5, 5.41) is 10.7. The van der Waals surface area contributed by atoms with Gasteiger partial charge in [-0.15, -0.1) is 11.8 Å². The van der Waals surface area contributed by atoms with Gasteiger partial charge in [-0.05, 0) is 6.07 Å². The number of non-ortho nitro benzene ring substituents is 1. The first-order valence-electron chi connectivity index (χ1n) is 9.31. The Hall–Kier alpha value is -2.89. The standard InChI is InChI=1S/C20H17N3O6S2/c24-17-11-30-20(26)22(17)19(13-4-2-1-3-5-13)29-9-8-21-12-31-16-7-6-14(23(27)28)10-15(16)18(21)25/h1-7,10,19H,8-9,11-12H2. The first-order chi connectivity index (χ1) is 15.0. The Balaban J connectivity index is 1.46. The van der Waals surface area contributed by atoms with Crippen LogP contribution in [-0.4, -0.2) is 56.6 Å². The van der Waals surface area contributed by atoms with Crippen molar-refractivity contribution >= 4 is 46.3 Å². The Labute approximate surface area is 185 Å². The molecule has 2 aromatic carbocycles. The number of imide groups is 1. The molecule has 160 valence electrons. The molecule has 1 atom stereocenters. The predicted molar refractivity (Wildman–Crippen MR) is 115 cm³/mol. The highest BCUT2D eigenvalue weighted by atomic mass is 32.2. The number of ether oxygens (including phenoxy) is 1. The minimum Gasteiger partial charge on any atom is -0.352 e. The largest absolute Gasteiger partial charge is 0.352 e. The van der Waals surface area contributed by atoms with Gasteiger partial charge in [0.25, 0.3) is 16.8 Å². The molecule has 0 aliphatic carbocycles. The zero-order valence-electron chi connectivity index (χ0n) is 16.1. The molecule has 11 heteroatoms. The fraction of sp³-hybridized carbons (Fsp3) is 0.250. The summed E-state index contributed by atoms with van der Waals surface area (Å²) >= 11 is 2.34. The number of carbonyl (C=O) groups excluding carboxylic acids is 3. The highest BCUT2D eigenvalue weighted by molar-refractivity contribution is 8.14. The molecule has 1 unspecified atom stereocenters. The second-order valence-corrected chi connectivity index (χ2v) is 8.65. The van der Waals surface area contributed by atoms with Gasteiger partial charge in [-0.25, -0.2) is 4.90 Å². The van der Waals surface area contributed by atoms with E-state index in [1.54, 1.807) is 30.3 Å². The van der Waals surface area contributed by atoms with Crippen molar-refractivity contribution in [2.24, 2.45) is 0 Å². The smallest absolute Gasteiger partial charge is 0.291 e. The lowest BCUT2D eigenvalue weighted by Gasteiger charge is -2.30. The number of benzene rings is 2. The fourth-order valence-electron chi connectivity index (χ4n) is 3.27. The molecule has 0 N–H and O–H groups in total. The van der Waals surface area contributed by atoms with Gasteiger partial charge in [0.2, 0.25) is 5.91 Å². The third-order valence-electron chi connectivity index (χ3n) is 4.81. The maximum atomic E-state index is 12.8. The molecular weight excluding hydrogens is 442 g/mol. The van der Waals surface area contributed by atoms with Gasteiger partial charge in [0, 0.05) is 29.1 Å². The van der Waals surface area contributed by atoms with Gasteiger partial charge < -0.3 is 9.64 Å². The van der Waals surface area contributed by atoms with Crippen LogP contribution in [0.1, 0.15) is 22.1 Å². The van der Waals surface area contributed by atoms with Crippen LogP contribution in [0, 0.1) is 10.1 Å². The molecule has 2 aliphatic rings. The Morgan fingerprint density at radius 1 is 1.10 bits per heavy atom. The quantitative estimate of drug-likeness (QED) is 0.457. The van der Waals surface area contributed by atoms with Crippen LogP contribution >= 0.6 is 23.5 Å².